The van der Waals surface area contributed by atoms with Gasteiger partial charge in [-0.15, -0.1) is 0 Å². The van der Waals surface area contributed by atoms with Crippen molar-refractivity contribution in [1.29, 1.82) is 0 Å². The van der Waals surface area contributed by atoms with Gasteiger partial charge in [-0.1, -0.05) is 255 Å². The first-order valence-electron chi connectivity index (χ1n) is 24.3. The summed E-state index contributed by atoms with van der Waals surface area (Å²) >= 11 is 0. The van der Waals surface area contributed by atoms with Crippen LogP contribution in [0.5, 0.6) is 0 Å². The third-order valence-corrected chi connectivity index (χ3v) is 14.8. The van der Waals surface area contributed by atoms with E-state index < -0.39 is 0 Å². The third kappa shape index (κ3) is 6.31. The summed E-state index contributed by atoms with van der Waals surface area (Å²) in [5.41, 5.74) is 15.0. The maximum Gasteiger partial charge on any atom is -0.00201 e. The van der Waals surface area contributed by atoms with Crippen molar-refractivity contribution < 1.29 is 0 Å². The first kappa shape index (κ1) is 40.0. The van der Waals surface area contributed by atoms with Gasteiger partial charge in [-0.3, -0.25) is 0 Å². The average molecular weight is 885 g/mol. The van der Waals surface area contributed by atoms with Crippen LogP contribution < -0.4 is 0 Å². The van der Waals surface area contributed by atoms with E-state index in [0.29, 0.717) is 0 Å². The first-order valence-corrected chi connectivity index (χ1v) is 24.3. The zero-order valence-corrected chi connectivity index (χ0v) is 38.4. The van der Waals surface area contributed by atoms with Gasteiger partial charge >= 0.3 is 0 Å². The lowest BCUT2D eigenvalue weighted by molar-refractivity contribution is 1.64. The maximum atomic E-state index is 2.40. The average Bonchev–Trinajstić information content (AvgIpc) is 3.43. The molecule has 0 radical (unpaired) electrons. The molecular weight excluding hydrogens is 841 g/mol. The van der Waals surface area contributed by atoms with E-state index in [-0.39, 0.29) is 0 Å². The van der Waals surface area contributed by atoms with E-state index in [1.165, 1.54) is 142 Å². The molecule has 0 fully saturated rings. The lowest BCUT2D eigenvalue weighted by Gasteiger charge is -2.20. The van der Waals surface area contributed by atoms with E-state index in [0.717, 1.165) is 0 Å². The van der Waals surface area contributed by atoms with Gasteiger partial charge in [0.25, 0.3) is 0 Å². The Labute approximate surface area is 407 Å². The lowest BCUT2D eigenvalue weighted by atomic mass is 9.83. The highest BCUT2D eigenvalue weighted by atomic mass is 14.2. The molecule has 0 aromatic heterocycles. The van der Waals surface area contributed by atoms with Gasteiger partial charge in [0.1, 0.15) is 0 Å². The summed E-state index contributed by atoms with van der Waals surface area (Å²) in [5.74, 6) is 0. The number of benzene rings is 14. The van der Waals surface area contributed by atoms with Gasteiger partial charge in [0.05, 0.1) is 0 Å². The zero-order valence-electron chi connectivity index (χ0n) is 38.4. The molecule has 70 heavy (non-hydrogen) atoms. The van der Waals surface area contributed by atoms with Gasteiger partial charge in [-0.25, -0.2) is 0 Å². The molecule has 0 amide bonds. The summed E-state index contributed by atoms with van der Waals surface area (Å²) in [6, 6.07) is 98.8. The van der Waals surface area contributed by atoms with Crippen molar-refractivity contribution in [2.45, 2.75) is 0 Å². The summed E-state index contributed by atoms with van der Waals surface area (Å²) < 4.78 is 0. The maximum absolute atomic E-state index is 2.40. The van der Waals surface area contributed by atoms with Crippen molar-refractivity contribution in [3.63, 3.8) is 0 Å². The molecule has 0 aliphatic carbocycles. The monoisotopic (exact) mass is 884 g/mol. The molecule has 0 bridgehead atoms. The van der Waals surface area contributed by atoms with E-state index >= 15 is 0 Å². The van der Waals surface area contributed by atoms with Crippen molar-refractivity contribution in [2.75, 3.05) is 0 Å². The molecule has 0 atom stereocenters. The molecule has 0 spiro atoms. The summed E-state index contributed by atoms with van der Waals surface area (Å²) in [5, 5.41) is 17.5. The van der Waals surface area contributed by atoms with Crippen LogP contribution in [0.2, 0.25) is 0 Å². The highest BCUT2D eigenvalue weighted by Crippen LogP contribution is 2.49. The second-order valence-electron chi connectivity index (χ2n) is 18.6. The van der Waals surface area contributed by atoms with E-state index in [1.807, 2.05) is 0 Å². The van der Waals surface area contributed by atoms with Crippen LogP contribution >= 0.6 is 0 Å². The quantitative estimate of drug-likeness (QED) is 0.146. The second kappa shape index (κ2) is 16.3. The standard InChI is InChI=1S/C70H44/c1-3-19-45(20-4-1)51-39-41-65(55-25-9-7-23-53(51)55)69-61-31-15-11-27-57(61)67(58-28-12-16-32-62(58)69)49-37-35-48-44-50(38-36-47(48)43-49)68-59-29-13-17-33-63(59)70(64-34-18-14-30-60(64)68)66-42-40-52(46-21-5-2-6-22-46)54-24-8-10-26-56(54)66/h1-44H. The molecule has 324 valence electrons. The van der Waals surface area contributed by atoms with Crippen LogP contribution in [-0.4, -0.2) is 0 Å². The number of hydrogen-bond acceptors (Lipinski definition) is 0. The molecule has 14 aromatic carbocycles. The van der Waals surface area contributed by atoms with Crippen molar-refractivity contribution >= 4 is 75.4 Å². The van der Waals surface area contributed by atoms with Crippen LogP contribution in [0.4, 0.5) is 0 Å². The van der Waals surface area contributed by atoms with Crippen LogP contribution in [0.25, 0.3) is 142 Å². The van der Waals surface area contributed by atoms with Crippen molar-refractivity contribution in [3.05, 3.63) is 267 Å². The molecule has 0 aliphatic rings. The number of hydrogen-bond donors (Lipinski definition) is 0. The Morgan fingerprint density at radius 2 is 0.386 bits per heavy atom. The van der Waals surface area contributed by atoms with Crippen LogP contribution in [0, 0.1) is 0 Å². The fourth-order valence-corrected chi connectivity index (χ4v) is 11.8. The summed E-state index contributed by atoms with van der Waals surface area (Å²) in [6.45, 7) is 0. The fourth-order valence-electron chi connectivity index (χ4n) is 11.8. The van der Waals surface area contributed by atoms with Gasteiger partial charge in [0.15, 0.2) is 0 Å². The number of fused-ring (bicyclic) bond motifs is 7. The molecule has 0 saturated heterocycles. The number of rotatable bonds is 6. The molecule has 0 nitrogen and oxygen atoms in total. The van der Waals surface area contributed by atoms with Gasteiger partial charge < -0.3 is 0 Å². The Bertz CT molecular complexity index is 3990. The molecule has 0 N–H and O–H groups in total. The van der Waals surface area contributed by atoms with Crippen LogP contribution in [-0.2, 0) is 0 Å². The second-order valence-corrected chi connectivity index (χ2v) is 18.6. The first-order chi connectivity index (χ1) is 34.8. The topological polar surface area (TPSA) is 0 Å². The van der Waals surface area contributed by atoms with Gasteiger partial charge in [0, 0.05) is 0 Å². The fraction of sp³-hybridized carbons (Fsp3) is 0. The molecule has 14 rings (SSSR count). The van der Waals surface area contributed by atoms with Gasteiger partial charge in [0.2, 0.25) is 0 Å². The van der Waals surface area contributed by atoms with E-state index in [9.17, 15) is 0 Å². The minimum absolute atomic E-state index is 1.22. The molecule has 0 unspecified atom stereocenters. The Hall–Kier alpha value is -9.10. The van der Waals surface area contributed by atoms with Crippen LogP contribution in [0.15, 0.2) is 267 Å². The predicted molar refractivity (Wildman–Crippen MR) is 302 cm³/mol. The van der Waals surface area contributed by atoms with E-state index in [2.05, 4.69) is 267 Å². The summed E-state index contributed by atoms with van der Waals surface area (Å²) in [4.78, 5) is 0. The van der Waals surface area contributed by atoms with E-state index in [4.69, 9.17) is 0 Å². The lowest BCUT2D eigenvalue weighted by Crippen LogP contribution is -1.93. The highest BCUT2D eigenvalue weighted by molar-refractivity contribution is 6.26. The molecule has 0 heteroatoms. The van der Waals surface area contributed by atoms with Crippen LogP contribution in [0.3, 0.4) is 0 Å². The van der Waals surface area contributed by atoms with Gasteiger partial charge in [-0.05, 0) is 154 Å². The Kier molecular flexibility index (Phi) is 9.32. The van der Waals surface area contributed by atoms with Crippen molar-refractivity contribution in [2.24, 2.45) is 0 Å². The van der Waals surface area contributed by atoms with Gasteiger partial charge in [-0.2, -0.15) is 0 Å². The molecule has 0 aliphatic heterocycles. The van der Waals surface area contributed by atoms with E-state index in [1.54, 1.807) is 0 Å². The van der Waals surface area contributed by atoms with Crippen LogP contribution in [0.1, 0.15) is 0 Å². The SMILES string of the molecule is c1ccc(-c2ccc(-c3c4ccccc4c(-c4ccc5cc(-c6c7ccccc7c(-c7ccc(-c8ccccc8)c8ccccc78)c7ccccc67)ccc5c4)c4ccccc34)c3ccccc23)cc1. The third-order valence-electron chi connectivity index (χ3n) is 14.8. The Morgan fingerprint density at radius 3 is 0.700 bits per heavy atom. The summed E-state index contributed by atoms with van der Waals surface area (Å²) in [6.07, 6.45) is 0. The van der Waals surface area contributed by atoms with Crippen molar-refractivity contribution in [1.82, 2.24) is 0 Å². The normalized spacial score (nSPS) is 11.7. The summed E-state index contributed by atoms with van der Waals surface area (Å²) in [7, 11) is 0. The molecule has 0 saturated carbocycles. The Morgan fingerprint density at radius 1 is 0.143 bits per heavy atom. The smallest absolute Gasteiger partial charge is 0.00201 e. The Balaban J connectivity index is 0.927. The minimum Gasteiger partial charge on any atom is -0.0622 e. The highest BCUT2D eigenvalue weighted by Gasteiger charge is 2.22. The van der Waals surface area contributed by atoms with Crippen molar-refractivity contribution in [3.8, 4) is 66.8 Å². The predicted octanol–water partition coefficient (Wildman–Crippen LogP) is 19.8. The zero-order chi connectivity index (χ0) is 46.1. The molecular formula is C70H44. The largest absolute Gasteiger partial charge is 0.0622 e. The molecule has 14 aromatic rings. The molecule has 0 heterocycles. The minimum atomic E-state index is 1.22.